The topological polar surface area (TPSA) is 67.2 Å². The number of nitrogens with zero attached hydrogens (tertiary/aromatic N) is 1. The van der Waals surface area contributed by atoms with Crippen LogP contribution in [0.2, 0.25) is 0 Å². The smallest absolute Gasteiger partial charge is 0.271 e. The predicted molar refractivity (Wildman–Crippen MR) is 96.8 cm³/mol. The number of nitro groups is 1. The molecule has 23 heavy (non-hydrogen) atoms. The van der Waals surface area contributed by atoms with Crippen molar-refractivity contribution < 1.29 is 4.92 Å². The third kappa shape index (κ3) is 4.50. The van der Waals surface area contributed by atoms with Crippen LogP contribution in [0.1, 0.15) is 29.7 Å². The molecule has 0 amide bonds. The Morgan fingerprint density at radius 2 is 1.96 bits per heavy atom. The molecule has 2 aromatic carbocycles. The van der Waals surface area contributed by atoms with Crippen LogP contribution in [-0.4, -0.2) is 10.0 Å². The zero-order chi connectivity index (χ0) is 17.0. The lowest BCUT2D eigenvalue weighted by Crippen LogP contribution is -2.31. The average Bonchev–Trinajstić information content (AvgIpc) is 2.47. The highest BCUT2D eigenvalue weighted by Gasteiger charge is 2.11. The molecule has 5 nitrogen and oxygen atoms in total. The molecule has 2 aromatic rings. The highest BCUT2D eigenvalue weighted by atomic mass is 32.1. The Labute approximate surface area is 140 Å². The lowest BCUT2D eigenvalue weighted by molar-refractivity contribution is -0.384. The molecule has 0 fully saturated rings. The predicted octanol–water partition coefficient (Wildman–Crippen LogP) is 4.26. The van der Waals surface area contributed by atoms with Crippen LogP contribution in [0.15, 0.2) is 42.5 Å². The van der Waals surface area contributed by atoms with Gasteiger partial charge in [0.2, 0.25) is 0 Å². The second kappa shape index (κ2) is 7.19. The first kappa shape index (κ1) is 16.9. The minimum Gasteiger partial charge on any atom is -0.356 e. The minimum atomic E-state index is -0.431. The SMILES string of the molecule is Cc1ccc(C(C)NC(=S)Nc2cccc([N+](=O)[O-])c2)c(C)c1. The van der Waals surface area contributed by atoms with Gasteiger partial charge >= 0.3 is 0 Å². The Kier molecular flexibility index (Phi) is 5.28. The number of thiocarbonyl (C=S) groups is 1. The van der Waals surface area contributed by atoms with Gasteiger partial charge in [0.05, 0.1) is 11.0 Å². The van der Waals surface area contributed by atoms with Gasteiger partial charge in [-0.2, -0.15) is 0 Å². The maximum atomic E-state index is 10.8. The van der Waals surface area contributed by atoms with Crippen LogP contribution in [0.4, 0.5) is 11.4 Å². The summed E-state index contributed by atoms with van der Waals surface area (Å²) in [6.45, 7) is 6.15. The Morgan fingerprint density at radius 1 is 1.22 bits per heavy atom. The molecule has 0 aliphatic rings. The van der Waals surface area contributed by atoms with E-state index >= 15 is 0 Å². The molecule has 0 saturated carbocycles. The van der Waals surface area contributed by atoms with E-state index in [1.807, 2.05) is 6.92 Å². The Bertz CT molecular complexity index is 746. The molecule has 0 saturated heterocycles. The number of anilines is 1. The van der Waals surface area contributed by atoms with Crippen molar-refractivity contribution in [2.75, 3.05) is 5.32 Å². The Balaban J connectivity index is 2.04. The zero-order valence-electron chi connectivity index (χ0n) is 13.3. The van der Waals surface area contributed by atoms with Gasteiger partial charge in [0.25, 0.3) is 5.69 Å². The largest absolute Gasteiger partial charge is 0.356 e. The second-order valence-electron chi connectivity index (χ2n) is 5.49. The molecular formula is C17H19N3O2S. The van der Waals surface area contributed by atoms with Crippen LogP contribution in [0, 0.1) is 24.0 Å². The van der Waals surface area contributed by atoms with Crippen molar-refractivity contribution in [2.45, 2.75) is 26.8 Å². The number of aryl methyl sites for hydroxylation is 2. The van der Waals surface area contributed by atoms with Crippen molar-refractivity contribution in [1.29, 1.82) is 0 Å². The molecule has 1 atom stereocenters. The summed E-state index contributed by atoms with van der Waals surface area (Å²) in [5.74, 6) is 0. The van der Waals surface area contributed by atoms with Crippen molar-refractivity contribution in [3.05, 3.63) is 69.3 Å². The first-order chi connectivity index (χ1) is 10.9. The molecule has 0 heterocycles. The maximum Gasteiger partial charge on any atom is 0.271 e. The van der Waals surface area contributed by atoms with Crippen LogP contribution >= 0.6 is 12.2 Å². The van der Waals surface area contributed by atoms with E-state index in [9.17, 15) is 10.1 Å². The van der Waals surface area contributed by atoms with Crippen molar-refractivity contribution in [3.8, 4) is 0 Å². The first-order valence-corrected chi connectivity index (χ1v) is 7.67. The fourth-order valence-corrected chi connectivity index (χ4v) is 2.74. The summed E-state index contributed by atoms with van der Waals surface area (Å²) in [5, 5.41) is 17.4. The van der Waals surface area contributed by atoms with E-state index < -0.39 is 4.92 Å². The highest BCUT2D eigenvalue weighted by molar-refractivity contribution is 7.80. The third-order valence-corrected chi connectivity index (χ3v) is 3.77. The normalized spacial score (nSPS) is 11.6. The van der Waals surface area contributed by atoms with E-state index in [0.29, 0.717) is 10.8 Å². The lowest BCUT2D eigenvalue weighted by Gasteiger charge is -2.19. The quantitative estimate of drug-likeness (QED) is 0.498. The van der Waals surface area contributed by atoms with E-state index in [1.165, 1.54) is 28.8 Å². The van der Waals surface area contributed by atoms with Crippen LogP contribution < -0.4 is 10.6 Å². The molecule has 0 aromatic heterocycles. The minimum absolute atomic E-state index is 0.0280. The summed E-state index contributed by atoms with van der Waals surface area (Å²) in [7, 11) is 0. The number of nitro benzene ring substituents is 1. The van der Waals surface area contributed by atoms with E-state index in [-0.39, 0.29) is 11.7 Å². The number of hydrogen-bond donors (Lipinski definition) is 2. The molecule has 2 N–H and O–H groups in total. The standard InChI is InChI=1S/C17H19N3O2S/c1-11-7-8-16(12(2)9-11)13(3)18-17(23)19-14-5-4-6-15(10-14)20(21)22/h4-10,13H,1-3H3,(H2,18,19,23). The average molecular weight is 329 g/mol. The molecule has 0 aliphatic carbocycles. The summed E-state index contributed by atoms with van der Waals surface area (Å²) >= 11 is 5.30. The van der Waals surface area contributed by atoms with Crippen molar-refractivity contribution in [1.82, 2.24) is 5.32 Å². The van der Waals surface area contributed by atoms with Gasteiger partial charge in [0, 0.05) is 17.8 Å². The molecular weight excluding hydrogens is 310 g/mol. The van der Waals surface area contributed by atoms with E-state index in [1.54, 1.807) is 12.1 Å². The molecule has 0 aliphatic heterocycles. The van der Waals surface area contributed by atoms with Crippen LogP contribution in [0.3, 0.4) is 0 Å². The van der Waals surface area contributed by atoms with Gasteiger partial charge in [0.1, 0.15) is 0 Å². The van der Waals surface area contributed by atoms with Gasteiger partial charge in [-0.3, -0.25) is 10.1 Å². The number of non-ortho nitro benzene ring substituents is 1. The fraction of sp³-hybridized carbons (Fsp3) is 0.235. The molecule has 2 rings (SSSR count). The number of hydrogen-bond acceptors (Lipinski definition) is 3. The van der Waals surface area contributed by atoms with E-state index in [4.69, 9.17) is 12.2 Å². The van der Waals surface area contributed by atoms with Crippen LogP contribution in [-0.2, 0) is 0 Å². The molecule has 1 unspecified atom stereocenters. The van der Waals surface area contributed by atoms with Gasteiger partial charge < -0.3 is 10.6 Å². The number of rotatable bonds is 4. The second-order valence-corrected chi connectivity index (χ2v) is 5.90. The summed E-state index contributed by atoms with van der Waals surface area (Å²) in [6, 6.07) is 12.6. The van der Waals surface area contributed by atoms with Gasteiger partial charge in [-0.15, -0.1) is 0 Å². The van der Waals surface area contributed by atoms with Gasteiger partial charge in [-0.05, 0) is 50.2 Å². The molecule has 6 heteroatoms. The van der Waals surface area contributed by atoms with Gasteiger partial charge in [-0.25, -0.2) is 0 Å². The van der Waals surface area contributed by atoms with Crippen molar-refractivity contribution >= 4 is 28.7 Å². The zero-order valence-corrected chi connectivity index (χ0v) is 14.1. The molecule has 0 bridgehead atoms. The van der Waals surface area contributed by atoms with Crippen molar-refractivity contribution in [2.24, 2.45) is 0 Å². The first-order valence-electron chi connectivity index (χ1n) is 7.26. The summed E-state index contributed by atoms with van der Waals surface area (Å²) in [5.41, 5.74) is 4.20. The molecule has 0 spiro atoms. The molecule has 0 radical (unpaired) electrons. The Morgan fingerprint density at radius 3 is 2.61 bits per heavy atom. The van der Waals surface area contributed by atoms with E-state index in [2.05, 4.69) is 42.7 Å². The highest BCUT2D eigenvalue weighted by Crippen LogP contribution is 2.20. The lowest BCUT2D eigenvalue weighted by atomic mass is 10.0. The number of benzene rings is 2. The fourth-order valence-electron chi connectivity index (χ4n) is 2.45. The van der Waals surface area contributed by atoms with Gasteiger partial charge in [0.15, 0.2) is 5.11 Å². The molecule has 120 valence electrons. The Hall–Kier alpha value is -2.47. The van der Waals surface area contributed by atoms with Crippen molar-refractivity contribution in [3.63, 3.8) is 0 Å². The summed E-state index contributed by atoms with van der Waals surface area (Å²) in [6.07, 6.45) is 0. The maximum absolute atomic E-state index is 10.8. The number of nitrogens with one attached hydrogen (secondary N) is 2. The van der Waals surface area contributed by atoms with E-state index in [0.717, 1.165) is 0 Å². The monoisotopic (exact) mass is 329 g/mol. The summed E-state index contributed by atoms with van der Waals surface area (Å²) in [4.78, 5) is 10.4. The summed E-state index contributed by atoms with van der Waals surface area (Å²) < 4.78 is 0. The third-order valence-electron chi connectivity index (χ3n) is 3.55. The van der Waals surface area contributed by atoms with Crippen LogP contribution in [0.25, 0.3) is 0 Å². The van der Waals surface area contributed by atoms with Crippen LogP contribution in [0.5, 0.6) is 0 Å². The van der Waals surface area contributed by atoms with Gasteiger partial charge in [-0.1, -0.05) is 29.8 Å².